The highest BCUT2D eigenvalue weighted by Gasteiger charge is 2.17. The van der Waals surface area contributed by atoms with Gasteiger partial charge in [-0.2, -0.15) is 0 Å². The Labute approximate surface area is 166 Å². The number of nitrogens with two attached hydrogens (primary N) is 1. The molecule has 0 aliphatic rings. The smallest absolute Gasteiger partial charge is 0.255 e. The van der Waals surface area contributed by atoms with Crippen molar-refractivity contribution in [3.8, 4) is 5.75 Å². The topological polar surface area (TPSA) is 102 Å². The lowest BCUT2D eigenvalue weighted by molar-refractivity contribution is 0.0947. The third kappa shape index (κ3) is 5.54. The fourth-order valence-corrected chi connectivity index (χ4v) is 3.42. The molecule has 3 N–H and O–H groups in total. The van der Waals surface area contributed by atoms with Crippen LogP contribution in [-0.2, 0) is 23.1 Å². The van der Waals surface area contributed by atoms with Crippen LogP contribution in [0.1, 0.15) is 35.3 Å². The van der Waals surface area contributed by atoms with E-state index in [-0.39, 0.29) is 16.2 Å². The van der Waals surface area contributed by atoms with Gasteiger partial charge in [0.15, 0.2) is 0 Å². The third-order valence-corrected chi connectivity index (χ3v) is 5.50. The SMILES string of the molecule is CCN(CC)Cc1ccccc1CNC(=O)c1cc(S(N)(=O)=O)ccc1OC. The summed E-state index contributed by atoms with van der Waals surface area (Å²) in [7, 11) is -2.50. The van der Waals surface area contributed by atoms with Crippen LogP contribution in [0, 0.1) is 0 Å². The van der Waals surface area contributed by atoms with Crippen molar-refractivity contribution in [1.29, 1.82) is 0 Å². The highest BCUT2D eigenvalue weighted by Crippen LogP contribution is 2.22. The fourth-order valence-electron chi connectivity index (χ4n) is 2.88. The van der Waals surface area contributed by atoms with Crippen molar-refractivity contribution in [2.45, 2.75) is 31.8 Å². The summed E-state index contributed by atoms with van der Waals surface area (Å²) in [4.78, 5) is 14.8. The number of primary sulfonamides is 1. The predicted molar refractivity (Wildman–Crippen MR) is 109 cm³/mol. The van der Waals surface area contributed by atoms with Crippen LogP contribution in [0.2, 0.25) is 0 Å². The lowest BCUT2D eigenvalue weighted by atomic mass is 10.1. The summed E-state index contributed by atoms with van der Waals surface area (Å²) in [6, 6.07) is 11.9. The molecule has 2 aromatic rings. The van der Waals surface area contributed by atoms with Crippen LogP contribution in [0.3, 0.4) is 0 Å². The van der Waals surface area contributed by atoms with Gasteiger partial charge in [-0.05, 0) is 42.4 Å². The van der Waals surface area contributed by atoms with E-state index in [1.807, 2.05) is 24.3 Å². The van der Waals surface area contributed by atoms with Crippen molar-refractivity contribution in [3.05, 3.63) is 59.2 Å². The van der Waals surface area contributed by atoms with Gasteiger partial charge >= 0.3 is 0 Å². The van der Waals surface area contributed by atoms with Crippen molar-refractivity contribution in [3.63, 3.8) is 0 Å². The van der Waals surface area contributed by atoms with Crippen molar-refractivity contribution >= 4 is 15.9 Å². The number of rotatable bonds is 9. The molecule has 152 valence electrons. The Kier molecular flexibility index (Phi) is 7.56. The molecule has 0 saturated heterocycles. The van der Waals surface area contributed by atoms with E-state index in [0.29, 0.717) is 6.54 Å². The highest BCUT2D eigenvalue weighted by molar-refractivity contribution is 7.89. The molecule has 2 aromatic carbocycles. The molecule has 28 heavy (non-hydrogen) atoms. The Morgan fingerprint density at radius 3 is 2.32 bits per heavy atom. The first-order chi connectivity index (χ1) is 13.3. The fraction of sp³-hybridized carbons (Fsp3) is 0.350. The van der Waals surface area contributed by atoms with Gasteiger partial charge in [0.2, 0.25) is 10.0 Å². The highest BCUT2D eigenvalue weighted by atomic mass is 32.2. The van der Waals surface area contributed by atoms with Gasteiger partial charge < -0.3 is 10.1 Å². The first-order valence-electron chi connectivity index (χ1n) is 9.08. The van der Waals surface area contributed by atoms with Gasteiger partial charge in [-0.25, -0.2) is 13.6 Å². The second-order valence-corrected chi connectivity index (χ2v) is 7.88. The van der Waals surface area contributed by atoms with E-state index in [0.717, 1.165) is 30.8 Å². The summed E-state index contributed by atoms with van der Waals surface area (Å²) in [5.74, 6) is -0.152. The minimum absolute atomic E-state index is 0.121. The number of carbonyl (C=O) groups is 1. The number of amides is 1. The zero-order chi connectivity index (χ0) is 20.7. The molecule has 2 rings (SSSR count). The van der Waals surface area contributed by atoms with Crippen LogP contribution in [0.5, 0.6) is 5.75 Å². The van der Waals surface area contributed by atoms with Gasteiger partial charge in [-0.3, -0.25) is 9.69 Å². The Hall–Kier alpha value is -2.42. The summed E-state index contributed by atoms with van der Waals surface area (Å²) in [5, 5.41) is 8.02. The summed E-state index contributed by atoms with van der Waals surface area (Å²) in [5.41, 5.74) is 2.26. The maximum atomic E-state index is 12.7. The molecule has 0 fully saturated rings. The molecule has 0 heterocycles. The quantitative estimate of drug-likeness (QED) is 0.665. The zero-order valence-electron chi connectivity index (χ0n) is 16.4. The molecule has 0 aromatic heterocycles. The van der Waals surface area contributed by atoms with E-state index in [2.05, 4.69) is 24.1 Å². The Morgan fingerprint density at radius 2 is 1.75 bits per heavy atom. The number of ether oxygens (including phenoxy) is 1. The number of benzene rings is 2. The molecule has 0 unspecified atom stereocenters. The third-order valence-electron chi connectivity index (χ3n) is 4.59. The minimum Gasteiger partial charge on any atom is -0.496 e. The maximum Gasteiger partial charge on any atom is 0.255 e. The van der Waals surface area contributed by atoms with Gasteiger partial charge in [0, 0.05) is 13.1 Å². The molecular weight excluding hydrogens is 378 g/mol. The maximum absolute atomic E-state index is 12.7. The molecule has 0 spiro atoms. The molecule has 7 nitrogen and oxygen atoms in total. The van der Waals surface area contributed by atoms with Gasteiger partial charge in [0.1, 0.15) is 5.75 Å². The van der Waals surface area contributed by atoms with Gasteiger partial charge in [-0.15, -0.1) is 0 Å². The molecule has 0 radical (unpaired) electrons. The summed E-state index contributed by atoms with van der Waals surface area (Å²) >= 11 is 0. The van der Waals surface area contributed by atoms with Crippen LogP contribution in [0.15, 0.2) is 47.4 Å². The number of nitrogens with one attached hydrogen (secondary N) is 1. The Morgan fingerprint density at radius 1 is 1.11 bits per heavy atom. The minimum atomic E-state index is -3.92. The molecule has 0 atom stereocenters. The standard InChI is InChI=1S/C20H27N3O4S/c1-4-23(5-2)14-16-9-7-6-8-15(16)13-22-20(24)18-12-17(28(21,25)26)10-11-19(18)27-3/h6-12H,4-5,13-14H2,1-3H3,(H,22,24)(H2,21,25,26). The number of sulfonamides is 1. The van der Waals surface area contributed by atoms with Crippen LogP contribution in [-0.4, -0.2) is 39.4 Å². The summed E-state index contributed by atoms with van der Waals surface area (Å²) in [6.07, 6.45) is 0. The van der Waals surface area contributed by atoms with Crippen LogP contribution >= 0.6 is 0 Å². The second-order valence-electron chi connectivity index (χ2n) is 6.32. The number of methoxy groups -OCH3 is 1. The van der Waals surface area contributed by atoms with Crippen molar-refractivity contribution < 1.29 is 17.9 Å². The summed E-state index contributed by atoms with van der Waals surface area (Å²) in [6.45, 7) is 7.21. The molecule has 0 saturated carbocycles. The average Bonchev–Trinajstić information content (AvgIpc) is 2.69. The van der Waals surface area contributed by atoms with E-state index >= 15 is 0 Å². The first-order valence-corrected chi connectivity index (χ1v) is 10.6. The number of hydrogen-bond acceptors (Lipinski definition) is 5. The second kappa shape index (κ2) is 9.68. The first kappa shape index (κ1) is 21.9. The van der Waals surface area contributed by atoms with E-state index < -0.39 is 15.9 Å². The van der Waals surface area contributed by atoms with E-state index in [1.54, 1.807) is 0 Å². The van der Waals surface area contributed by atoms with E-state index in [4.69, 9.17) is 9.88 Å². The lowest BCUT2D eigenvalue weighted by Gasteiger charge is -2.20. The zero-order valence-corrected chi connectivity index (χ0v) is 17.3. The van der Waals surface area contributed by atoms with Gasteiger partial charge in [0.25, 0.3) is 5.91 Å². The average molecular weight is 406 g/mol. The lowest BCUT2D eigenvalue weighted by Crippen LogP contribution is -2.26. The van der Waals surface area contributed by atoms with Gasteiger partial charge in [0.05, 0.1) is 17.6 Å². The number of nitrogens with zero attached hydrogens (tertiary/aromatic N) is 1. The molecule has 0 aliphatic heterocycles. The number of hydrogen-bond donors (Lipinski definition) is 2. The summed E-state index contributed by atoms with van der Waals surface area (Å²) < 4.78 is 28.4. The van der Waals surface area contributed by atoms with Crippen molar-refractivity contribution in [1.82, 2.24) is 10.2 Å². The van der Waals surface area contributed by atoms with E-state index in [1.165, 1.54) is 25.3 Å². The molecule has 0 aliphatic carbocycles. The van der Waals surface area contributed by atoms with Crippen LogP contribution in [0.4, 0.5) is 0 Å². The van der Waals surface area contributed by atoms with E-state index in [9.17, 15) is 13.2 Å². The Balaban J connectivity index is 2.21. The largest absolute Gasteiger partial charge is 0.496 e. The van der Waals surface area contributed by atoms with Crippen LogP contribution < -0.4 is 15.2 Å². The predicted octanol–water partition coefficient (Wildman–Crippen LogP) is 2.11. The molecular formula is C20H27N3O4S. The van der Waals surface area contributed by atoms with Crippen molar-refractivity contribution in [2.75, 3.05) is 20.2 Å². The molecule has 8 heteroatoms. The number of carbonyl (C=O) groups excluding carboxylic acids is 1. The molecule has 0 bridgehead atoms. The normalized spacial score (nSPS) is 11.5. The Bertz CT molecular complexity index is 925. The monoisotopic (exact) mass is 405 g/mol. The van der Waals surface area contributed by atoms with Crippen LogP contribution in [0.25, 0.3) is 0 Å². The molecule has 1 amide bonds. The van der Waals surface area contributed by atoms with Crippen molar-refractivity contribution in [2.24, 2.45) is 5.14 Å². The van der Waals surface area contributed by atoms with Gasteiger partial charge in [-0.1, -0.05) is 38.1 Å².